The fourth-order valence-electron chi connectivity index (χ4n) is 1.74. The van der Waals surface area contributed by atoms with Crippen LogP contribution in [0, 0.1) is 12.7 Å². The van der Waals surface area contributed by atoms with Gasteiger partial charge in [0.15, 0.2) is 0 Å². The van der Waals surface area contributed by atoms with E-state index in [-0.39, 0.29) is 5.56 Å². The van der Waals surface area contributed by atoms with Crippen molar-refractivity contribution in [3.63, 3.8) is 0 Å². The molecule has 0 aliphatic carbocycles. The summed E-state index contributed by atoms with van der Waals surface area (Å²) in [6, 6.07) is 9.73. The molecule has 0 radical (unpaired) electrons. The van der Waals surface area contributed by atoms with Crippen LogP contribution in [0.5, 0.6) is 0 Å². The number of amides is 1. The first kappa shape index (κ1) is 14.3. The molecule has 2 aromatic rings. The Morgan fingerprint density at radius 2 is 2.05 bits per heavy atom. The monoisotopic (exact) mass is 292 g/mol. The lowest BCUT2D eigenvalue weighted by atomic mass is 10.1. The average Bonchev–Trinajstić information content (AvgIpc) is 2.41. The van der Waals surface area contributed by atoms with Crippen LogP contribution in [0.4, 0.5) is 10.1 Å². The molecule has 0 heterocycles. The fraction of sp³-hybridized carbons (Fsp3) is 0.133. The van der Waals surface area contributed by atoms with Crippen LogP contribution in [0.2, 0.25) is 5.02 Å². The highest BCUT2D eigenvalue weighted by molar-refractivity contribution is 6.31. The largest absolute Gasteiger partial charge is 0.381 e. The molecule has 0 atom stereocenters. The molecule has 2 rings (SSSR count). The van der Waals surface area contributed by atoms with E-state index in [2.05, 4.69) is 5.32 Å². The van der Waals surface area contributed by atoms with Gasteiger partial charge in [-0.1, -0.05) is 23.7 Å². The van der Waals surface area contributed by atoms with E-state index in [0.717, 1.165) is 17.3 Å². The van der Waals surface area contributed by atoms with E-state index < -0.39 is 11.7 Å². The second-order valence-electron chi connectivity index (χ2n) is 4.49. The van der Waals surface area contributed by atoms with Crippen molar-refractivity contribution in [2.24, 2.45) is 5.73 Å². The maximum atomic E-state index is 13.8. The van der Waals surface area contributed by atoms with E-state index in [1.54, 1.807) is 6.07 Å². The summed E-state index contributed by atoms with van der Waals surface area (Å²) in [5.41, 5.74) is 7.49. The molecule has 1 amide bonds. The number of hydrogen-bond donors (Lipinski definition) is 2. The van der Waals surface area contributed by atoms with E-state index >= 15 is 0 Å². The van der Waals surface area contributed by atoms with Gasteiger partial charge in [-0.05, 0) is 36.8 Å². The molecule has 0 fully saturated rings. The minimum atomic E-state index is -0.645. The first-order chi connectivity index (χ1) is 9.47. The number of primary amides is 1. The summed E-state index contributed by atoms with van der Waals surface area (Å²) >= 11 is 6.02. The highest BCUT2D eigenvalue weighted by atomic mass is 35.5. The van der Waals surface area contributed by atoms with Crippen molar-refractivity contribution in [2.45, 2.75) is 13.5 Å². The Bertz CT molecular complexity index is 658. The Morgan fingerprint density at radius 1 is 1.30 bits per heavy atom. The van der Waals surface area contributed by atoms with E-state index in [0.29, 0.717) is 17.1 Å². The van der Waals surface area contributed by atoms with Gasteiger partial charge in [-0.15, -0.1) is 0 Å². The molecule has 2 aromatic carbocycles. The van der Waals surface area contributed by atoms with Gasteiger partial charge in [0.1, 0.15) is 5.82 Å². The zero-order valence-electron chi connectivity index (χ0n) is 10.9. The number of aryl methyl sites for hydroxylation is 1. The molecule has 0 aliphatic rings. The van der Waals surface area contributed by atoms with Gasteiger partial charge in [-0.25, -0.2) is 4.39 Å². The third-order valence-electron chi connectivity index (χ3n) is 2.99. The third kappa shape index (κ3) is 3.27. The predicted octanol–water partition coefficient (Wildman–Crippen LogP) is 3.50. The molecule has 0 spiro atoms. The number of nitrogens with two attached hydrogens (primary N) is 1. The van der Waals surface area contributed by atoms with E-state index in [4.69, 9.17) is 17.3 Å². The molecule has 104 valence electrons. The van der Waals surface area contributed by atoms with Crippen molar-refractivity contribution < 1.29 is 9.18 Å². The third-order valence-corrected chi connectivity index (χ3v) is 3.40. The maximum Gasteiger partial charge on any atom is 0.248 e. The van der Waals surface area contributed by atoms with Gasteiger partial charge in [0, 0.05) is 28.4 Å². The first-order valence-electron chi connectivity index (χ1n) is 6.05. The maximum absolute atomic E-state index is 13.8. The molecule has 0 bridgehead atoms. The summed E-state index contributed by atoms with van der Waals surface area (Å²) in [5, 5.41) is 3.73. The topological polar surface area (TPSA) is 55.1 Å². The molecule has 20 heavy (non-hydrogen) atoms. The van der Waals surface area contributed by atoms with Gasteiger partial charge in [0.05, 0.1) is 0 Å². The zero-order chi connectivity index (χ0) is 14.7. The van der Waals surface area contributed by atoms with Crippen LogP contribution in [0.1, 0.15) is 21.5 Å². The number of nitrogens with one attached hydrogen (secondary N) is 1. The van der Waals surface area contributed by atoms with Crippen LogP contribution >= 0.6 is 11.6 Å². The van der Waals surface area contributed by atoms with Gasteiger partial charge in [-0.3, -0.25) is 4.79 Å². The molecule has 0 aromatic heterocycles. The van der Waals surface area contributed by atoms with Crippen molar-refractivity contribution in [3.8, 4) is 0 Å². The van der Waals surface area contributed by atoms with Crippen molar-refractivity contribution in [2.75, 3.05) is 5.32 Å². The normalized spacial score (nSPS) is 10.3. The number of anilines is 1. The Labute approximate surface area is 121 Å². The van der Waals surface area contributed by atoms with Crippen LogP contribution in [-0.4, -0.2) is 5.91 Å². The highest BCUT2D eigenvalue weighted by Crippen LogP contribution is 2.21. The van der Waals surface area contributed by atoms with Crippen molar-refractivity contribution in [1.82, 2.24) is 0 Å². The molecule has 5 heteroatoms. The van der Waals surface area contributed by atoms with E-state index in [1.165, 1.54) is 12.1 Å². The second kappa shape index (κ2) is 5.92. The Kier molecular flexibility index (Phi) is 4.25. The Morgan fingerprint density at radius 3 is 2.65 bits per heavy atom. The van der Waals surface area contributed by atoms with Crippen molar-refractivity contribution >= 4 is 23.2 Å². The van der Waals surface area contributed by atoms with Gasteiger partial charge in [0.25, 0.3) is 0 Å². The number of hydrogen-bond acceptors (Lipinski definition) is 2. The van der Waals surface area contributed by atoms with Gasteiger partial charge in [0.2, 0.25) is 5.91 Å². The fourth-order valence-corrected chi connectivity index (χ4v) is 1.92. The summed E-state index contributed by atoms with van der Waals surface area (Å²) in [7, 11) is 0. The highest BCUT2D eigenvalue weighted by Gasteiger charge is 2.07. The number of carbonyl (C=O) groups is 1. The summed E-state index contributed by atoms with van der Waals surface area (Å²) in [4.78, 5) is 10.9. The second-order valence-corrected chi connectivity index (χ2v) is 4.90. The Balaban J connectivity index is 2.10. The van der Waals surface area contributed by atoms with Gasteiger partial charge >= 0.3 is 0 Å². The number of halogens is 2. The molecule has 0 saturated heterocycles. The van der Waals surface area contributed by atoms with Crippen LogP contribution in [0.3, 0.4) is 0 Å². The summed E-state index contributed by atoms with van der Waals surface area (Å²) in [6.45, 7) is 2.21. The quantitative estimate of drug-likeness (QED) is 0.906. The molecule has 0 unspecified atom stereocenters. The Hall–Kier alpha value is -2.07. The first-order valence-corrected chi connectivity index (χ1v) is 6.43. The lowest BCUT2D eigenvalue weighted by molar-refractivity contribution is 0.1000. The minimum Gasteiger partial charge on any atom is -0.381 e. The summed E-state index contributed by atoms with van der Waals surface area (Å²) in [5.74, 6) is -1.11. The molecule has 3 N–H and O–H groups in total. The lowest BCUT2D eigenvalue weighted by Crippen LogP contribution is -2.12. The van der Waals surface area contributed by atoms with Crippen molar-refractivity contribution in [1.29, 1.82) is 0 Å². The van der Waals surface area contributed by atoms with Gasteiger partial charge in [-0.2, -0.15) is 0 Å². The van der Waals surface area contributed by atoms with Crippen LogP contribution < -0.4 is 11.1 Å². The molecule has 0 saturated carbocycles. The smallest absolute Gasteiger partial charge is 0.248 e. The number of carbonyl (C=O) groups excluding carboxylic acids is 1. The van der Waals surface area contributed by atoms with E-state index in [1.807, 2.05) is 19.1 Å². The van der Waals surface area contributed by atoms with Crippen LogP contribution in [0.25, 0.3) is 0 Å². The SMILES string of the molecule is Cc1ccc(NCc2ccc(C(N)=O)cc2F)cc1Cl. The summed E-state index contributed by atoms with van der Waals surface area (Å²) < 4.78 is 13.8. The van der Waals surface area contributed by atoms with Crippen LogP contribution in [-0.2, 0) is 6.54 Å². The molecular formula is C15H14ClFN2O. The summed E-state index contributed by atoms with van der Waals surface area (Å²) in [6.07, 6.45) is 0. The number of rotatable bonds is 4. The van der Waals surface area contributed by atoms with Gasteiger partial charge < -0.3 is 11.1 Å². The number of benzene rings is 2. The standard InChI is InChI=1S/C15H14ClFN2O/c1-9-2-5-12(7-13(9)16)19-8-11-4-3-10(15(18)20)6-14(11)17/h2-7,19H,8H2,1H3,(H2,18,20). The van der Waals surface area contributed by atoms with E-state index in [9.17, 15) is 9.18 Å². The molecule has 3 nitrogen and oxygen atoms in total. The van der Waals surface area contributed by atoms with Crippen LogP contribution in [0.15, 0.2) is 36.4 Å². The van der Waals surface area contributed by atoms with Crippen molar-refractivity contribution in [3.05, 3.63) is 63.9 Å². The lowest BCUT2D eigenvalue weighted by Gasteiger charge is -2.09. The molecular weight excluding hydrogens is 279 g/mol. The molecule has 0 aliphatic heterocycles. The average molecular weight is 293 g/mol. The predicted molar refractivity (Wildman–Crippen MR) is 78.4 cm³/mol. The zero-order valence-corrected chi connectivity index (χ0v) is 11.7. The minimum absolute atomic E-state index is 0.157.